The number of halogens is 2. The average Bonchev–Trinajstić information content (AvgIpc) is 2.17. The first kappa shape index (κ1) is 12.7. The summed E-state index contributed by atoms with van der Waals surface area (Å²) in [5, 5.41) is 3.40. The van der Waals surface area contributed by atoms with Gasteiger partial charge in [-0.3, -0.25) is 0 Å². The molecule has 0 fully saturated rings. The van der Waals surface area contributed by atoms with Crippen LogP contribution in [-0.2, 0) is 0 Å². The summed E-state index contributed by atoms with van der Waals surface area (Å²) in [7, 11) is 0. The average molecular weight is 274 g/mol. The van der Waals surface area contributed by atoms with Crippen molar-refractivity contribution in [1.29, 1.82) is 0 Å². The maximum Gasteiger partial charge on any atom is 0.124 e. The zero-order chi connectivity index (χ0) is 11.3. The smallest absolute Gasteiger partial charge is 0.124 e. The molecule has 1 aromatic rings. The van der Waals surface area contributed by atoms with Crippen molar-refractivity contribution in [2.75, 3.05) is 6.54 Å². The third kappa shape index (κ3) is 3.92. The Kier molecular flexibility index (Phi) is 5.26. The first-order valence-electron chi connectivity index (χ1n) is 5.36. The van der Waals surface area contributed by atoms with Gasteiger partial charge in [0.15, 0.2) is 0 Å². The molecule has 1 rings (SSSR count). The monoisotopic (exact) mass is 273 g/mol. The van der Waals surface area contributed by atoms with E-state index in [1.807, 2.05) is 6.07 Å². The lowest BCUT2D eigenvalue weighted by molar-refractivity contribution is 0.513. The van der Waals surface area contributed by atoms with Gasteiger partial charge >= 0.3 is 0 Å². The highest BCUT2D eigenvalue weighted by Crippen LogP contribution is 2.22. The number of nitrogens with one attached hydrogen (secondary N) is 1. The summed E-state index contributed by atoms with van der Waals surface area (Å²) in [5.74, 6) is -0.184. The molecule has 0 aromatic heterocycles. The van der Waals surface area contributed by atoms with Crippen molar-refractivity contribution in [3.8, 4) is 0 Å². The third-order valence-corrected chi connectivity index (χ3v) is 2.79. The highest BCUT2D eigenvalue weighted by Gasteiger charge is 2.09. The van der Waals surface area contributed by atoms with E-state index in [1.54, 1.807) is 6.07 Å². The first-order valence-corrected chi connectivity index (χ1v) is 6.16. The lowest BCUT2D eigenvalue weighted by Gasteiger charge is -2.17. The summed E-state index contributed by atoms with van der Waals surface area (Å²) in [6, 6.07) is 5.30. The van der Waals surface area contributed by atoms with Crippen LogP contribution >= 0.6 is 15.9 Å². The molecule has 0 amide bonds. The maximum absolute atomic E-state index is 13.2. The van der Waals surface area contributed by atoms with Crippen LogP contribution in [0.3, 0.4) is 0 Å². The predicted octanol–water partition coefficient (Wildman–Crippen LogP) is 4.04. The van der Waals surface area contributed by atoms with Crippen molar-refractivity contribution in [2.24, 2.45) is 0 Å². The summed E-state index contributed by atoms with van der Waals surface area (Å²) in [5.41, 5.74) is 1.01. The van der Waals surface area contributed by atoms with Gasteiger partial charge in [0, 0.05) is 10.5 Å². The van der Waals surface area contributed by atoms with E-state index in [4.69, 9.17) is 0 Å². The zero-order valence-corrected chi connectivity index (χ0v) is 10.8. The van der Waals surface area contributed by atoms with Crippen molar-refractivity contribution in [3.63, 3.8) is 0 Å². The highest BCUT2D eigenvalue weighted by atomic mass is 79.9. The van der Waals surface area contributed by atoms with Crippen LogP contribution < -0.4 is 5.32 Å². The minimum Gasteiger partial charge on any atom is -0.310 e. The fourth-order valence-electron chi connectivity index (χ4n) is 1.59. The molecule has 15 heavy (non-hydrogen) atoms. The summed E-state index contributed by atoms with van der Waals surface area (Å²) < 4.78 is 14.0. The molecule has 1 unspecified atom stereocenters. The van der Waals surface area contributed by atoms with Gasteiger partial charge < -0.3 is 5.32 Å². The Morgan fingerprint density at radius 2 is 2.07 bits per heavy atom. The molecule has 3 heteroatoms. The Morgan fingerprint density at radius 3 is 2.60 bits per heavy atom. The molecule has 1 nitrogen and oxygen atoms in total. The molecule has 0 spiro atoms. The van der Waals surface area contributed by atoms with E-state index in [-0.39, 0.29) is 11.9 Å². The quantitative estimate of drug-likeness (QED) is 0.854. The fraction of sp³-hybridized carbons (Fsp3) is 0.500. The molecule has 0 heterocycles. The molecular formula is C12H17BrFN. The molecule has 0 saturated heterocycles. The summed E-state index contributed by atoms with van der Waals surface area (Å²) >= 11 is 3.31. The molecule has 0 aliphatic rings. The Balaban J connectivity index is 2.81. The number of hydrogen-bond donors (Lipinski definition) is 1. The van der Waals surface area contributed by atoms with Gasteiger partial charge in [-0.2, -0.15) is 0 Å². The van der Waals surface area contributed by atoms with Crippen LogP contribution in [-0.4, -0.2) is 6.54 Å². The van der Waals surface area contributed by atoms with Crippen LogP contribution in [0, 0.1) is 5.82 Å². The van der Waals surface area contributed by atoms with Gasteiger partial charge in [-0.1, -0.05) is 29.8 Å². The summed E-state index contributed by atoms with van der Waals surface area (Å²) in [4.78, 5) is 0. The molecular weight excluding hydrogens is 257 g/mol. The van der Waals surface area contributed by atoms with Crippen LogP contribution in [0.2, 0.25) is 0 Å². The van der Waals surface area contributed by atoms with E-state index in [0.29, 0.717) is 0 Å². The second kappa shape index (κ2) is 6.23. The van der Waals surface area contributed by atoms with Crippen molar-refractivity contribution >= 4 is 15.9 Å². The van der Waals surface area contributed by atoms with Crippen LogP contribution in [0.5, 0.6) is 0 Å². The lowest BCUT2D eigenvalue weighted by atomic mass is 10.0. The molecule has 84 valence electrons. The van der Waals surface area contributed by atoms with Gasteiger partial charge in [-0.05, 0) is 43.1 Å². The SMILES string of the molecule is CCCNC(CC)c1cc(F)cc(Br)c1. The number of hydrogen-bond acceptors (Lipinski definition) is 1. The van der Waals surface area contributed by atoms with Crippen LogP contribution in [0.1, 0.15) is 38.3 Å². The maximum atomic E-state index is 13.2. The minimum absolute atomic E-state index is 0.184. The van der Waals surface area contributed by atoms with Crippen molar-refractivity contribution in [2.45, 2.75) is 32.7 Å². The van der Waals surface area contributed by atoms with Gasteiger partial charge in [0.1, 0.15) is 5.82 Å². The predicted molar refractivity (Wildman–Crippen MR) is 65.4 cm³/mol. The van der Waals surface area contributed by atoms with Crippen LogP contribution in [0.15, 0.2) is 22.7 Å². The normalized spacial score (nSPS) is 12.8. The van der Waals surface area contributed by atoms with Gasteiger partial charge in [-0.15, -0.1) is 0 Å². The zero-order valence-electron chi connectivity index (χ0n) is 9.19. The van der Waals surface area contributed by atoms with E-state index in [0.717, 1.165) is 29.4 Å². The summed E-state index contributed by atoms with van der Waals surface area (Å²) in [6.45, 7) is 5.19. The second-order valence-electron chi connectivity index (χ2n) is 3.62. The lowest BCUT2D eigenvalue weighted by Crippen LogP contribution is -2.21. The van der Waals surface area contributed by atoms with Crippen molar-refractivity contribution in [3.05, 3.63) is 34.1 Å². The first-order chi connectivity index (χ1) is 7.17. The Bertz CT molecular complexity index is 294. The largest absolute Gasteiger partial charge is 0.310 e. The van der Waals surface area contributed by atoms with E-state index in [9.17, 15) is 4.39 Å². The highest BCUT2D eigenvalue weighted by molar-refractivity contribution is 9.10. The standard InChI is InChI=1S/C12H17BrFN/c1-3-5-15-12(4-2)9-6-10(13)8-11(14)7-9/h6-8,12,15H,3-5H2,1-2H3. The molecule has 1 aromatic carbocycles. The van der Waals surface area contributed by atoms with E-state index < -0.39 is 0 Å². The second-order valence-corrected chi connectivity index (χ2v) is 4.53. The number of rotatable bonds is 5. The van der Waals surface area contributed by atoms with E-state index >= 15 is 0 Å². The Hall–Kier alpha value is -0.410. The summed E-state index contributed by atoms with van der Waals surface area (Å²) in [6.07, 6.45) is 2.06. The van der Waals surface area contributed by atoms with Crippen LogP contribution in [0.25, 0.3) is 0 Å². The van der Waals surface area contributed by atoms with E-state index in [2.05, 4.69) is 35.1 Å². The molecule has 0 aliphatic carbocycles. The molecule has 1 atom stereocenters. The molecule has 0 bridgehead atoms. The molecule has 0 saturated carbocycles. The van der Waals surface area contributed by atoms with E-state index in [1.165, 1.54) is 6.07 Å². The molecule has 0 radical (unpaired) electrons. The fourth-order valence-corrected chi connectivity index (χ4v) is 2.08. The Labute approximate surface area is 99.2 Å². The van der Waals surface area contributed by atoms with Gasteiger partial charge in [0.05, 0.1) is 0 Å². The van der Waals surface area contributed by atoms with Crippen molar-refractivity contribution in [1.82, 2.24) is 5.32 Å². The van der Waals surface area contributed by atoms with Crippen molar-refractivity contribution < 1.29 is 4.39 Å². The van der Waals surface area contributed by atoms with Gasteiger partial charge in [-0.25, -0.2) is 4.39 Å². The minimum atomic E-state index is -0.184. The molecule has 1 N–H and O–H groups in total. The topological polar surface area (TPSA) is 12.0 Å². The Morgan fingerprint density at radius 1 is 1.33 bits per heavy atom. The third-order valence-electron chi connectivity index (χ3n) is 2.34. The number of benzene rings is 1. The molecule has 0 aliphatic heterocycles. The van der Waals surface area contributed by atoms with Gasteiger partial charge in [0.25, 0.3) is 0 Å². The van der Waals surface area contributed by atoms with Crippen LogP contribution in [0.4, 0.5) is 4.39 Å². The van der Waals surface area contributed by atoms with Gasteiger partial charge in [0.2, 0.25) is 0 Å².